The van der Waals surface area contributed by atoms with Gasteiger partial charge in [-0.15, -0.1) is 0 Å². The van der Waals surface area contributed by atoms with Crippen molar-refractivity contribution in [3.63, 3.8) is 0 Å². The van der Waals surface area contributed by atoms with Crippen molar-refractivity contribution >= 4 is 15.9 Å². The van der Waals surface area contributed by atoms with Gasteiger partial charge < -0.3 is 10.5 Å². The zero-order valence-electron chi connectivity index (χ0n) is 10.1. The normalized spacial score (nSPS) is 12.2. The first-order valence-electron chi connectivity index (χ1n) is 5.74. The summed E-state index contributed by atoms with van der Waals surface area (Å²) in [6, 6.07) is 11.7. The number of rotatable bonds is 4. The molecule has 0 aliphatic heterocycles. The summed E-state index contributed by atoms with van der Waals surface area (Å²) >= 11 is 3.35. The van der Waals surface area contributed by atoms with Gasteiger partial charge in [-0.05, 0) is 52.7 Å². The minimum absolute atomic E-state index is 0.0133. The van der Waals surface area contributed by atoms with E-state index in [9.17, 15) is 0 Å². The molecule has 4 heteroatoms. The fraction of sp³-hybridized carbons (Fsp3) is 0.214. The highest BCUT2D eigenvalue weighted by Crippen LogP contribution is 2.18. The second-order valence-electron chi connectivity index (χ2n) is 4.12. The van der Waals surface area contributed by atoms with Crippen LogP contribution in [0.25, 0.3) is 0 Å². The van der Waals surface area contributed by atoms with Gasteiger partial charge in [-0.1, -0.05) is 12.1 Å². The van der Waals surface area contributed by atoms with Crippen LogP contribution < -0.4 is 10.5 Å². The Morgan fingerprint density at radius 2 is 2.17 bits per heavy atom. The Kier molecular flexibility index (Phi) is 4.33. The highest BCUT2D eigenvalue weighted by Gasteiger charge is 2.02. The standard InChI is InChI=1S/C14H15BrN2O/c1-10(16)11-3-2-4-14(7-11)18-9-13-6-5-12(15)8-17-13/h2-8,10H,9,16H2,1H3/t10-/m0/s1. The number of hydrogen-bond acceptors (Lipinski definition) is 3. The van der Waals surface area contributed by atoms with Crippen LogP contribution in [0.3, 0.4) is 0 Å². The van der Waals surface area contributed by atoms with Crippen molar-refractivity contribution in [2.75, 3.05) is 0 Å². The van der Waals surface area contributed by atoms with E-state index in [4.69, 9.17) is 10.5 Å². The van der Waals surface area contributed by atoms with Crippen LogP contribution in [-0.4, -0.2) is 4.98 Å². The highest BCUT2D eigenvalue weighted by atomic mass is 79.9. The smallest absolute Gasteiger partial charge is 0.130 e. The molecule has 0 bridgehead atoms. The Morgan fingerprint density at radius 3 is 2.83 bits per heavy atom. The summed E-state index contributed by atoms with van der Waals surface area (Å²) in [4.78, 5) is 4.25. The zero-order chi connectivity index (χ0) is 13.0. The molecule has 3 nitrogen and oxygen atoms in total. The molecule has 1 aromatic heterocycles. The molecule has 1 heterocycles. The molecule has 2 aromatic rings. The summed E-state index contributed by atoms with van der Waals surface area (Å²) in [7, 11) is 0. The van der Waals surface area contributed by atoms with E-state index >= 15 is 0 Å². The summed E-state index contributed by atoms with van der Waals surface area (Å²) in [5.41, 5.74) is 7.79. The van der Waals surface area contributed by atoms with Gasteiger partial charge in [0.1, 0.15) is 12.4 Å². The number of pyridine rings is 1. The molecule has 0 fully saturated rings. The van der Waals surface area contributed by atoms with Crippen LogP contribution in [0.15, 0.2) is 47.1 Å². The van der Waals surface area contributed by atoms with Crippen LogP contribution in [0.4, 0.5) is 0 Å². The predicted octanol–water partition coefficient (Wildman–Crippen LogP) is 3.44. The first-order valence-corrected chi connectivity index (χ1v) is 6.53. The molecule has 0 saturated heterocycles. The molecule has 0 amide bonds. The predicted molar refractivity (Wildman–Crippen MR) is 75.3 cm³/mol. The van der Waals surface area contributed by atoms with Gasteiger partial charge in [0.05, 0.1) is 5.69 Å². The van der Waals surface area contributed by atoms with Crippen molar-refractivity contribution in [2.24, 2.45) is 5.73 Å². The Labute approximate surface area is 115 Å². The molecule has 0 unspecified atom stereocenters. The third kappa shape index (κ3) is 3.55. The molecule has 0 spiro atoms. The van der Waals surface area contributed by atoms with E-state index in [0.717, 1.165) is 21.5 Å². The number of halogens is 1. The third-order valence-electron chi connectivity index (χ3n) is 2.56. The van der Waals surface area contributed by atoms with Crippen LogP contribution in [0.1, 0.15) is 24.2 Å². The average molecular weight is 307 g/mol. The first kappa shape index (κ1) is 13.1. The molecule has 0 aliphatic rings. The summed E-state index contributed by atoms with van der Waals surface area (Å²) < 4.78 is 6.65. The minimum Gasteiger partial charge on any atom is -0.487 e. The maximum atomic E-state index is 5.83. The lowest BCUT2D eigenvalue weighted by molar-refractivity contribution is 0.301. The molecule has 2 rings (SSSR count). The number of ether oxygens (including phenoxy) is 1. The second kappa shape index (κ2) is 5.98. The molecule has 18 heavy (non-hydrogen) atoms. The van der Waals surface area contributed by atoms with Gasteiger partial charge in [0.2, 0.25) is 0 Å². The van der Waals surface area contributed by atoms with Crippen LogP contribution >= 0.6 is 15.9 Å². The quantitative estimate of drug-likeness (QED) is 0.941. The maximum Gasteiger partial charge on any atom is 0.130 e. The van der Waals surface area contributed by atoms with Crippen molar-refractivity contribution in [3.05, 3.63) is 58.3 Å². The molecule has 0 saturated carbocycles. The van der Waals surface area contributed by atoms with Gasteiger partial charge in [0, 0.05) is 16.7 Å². The molecular formula is C14H15BrN2O. The van der Waals surface area contributed by atoms with Gasteiger partial charge in [-0.3, -0.25) is 4.98 Å². The highest BCUT2D eigenvalue weighted by molar-refractivity contribution is 9.10. The Hall–Kier alpha value is -1.39. The van der Waals surface area contributed by atoms with Crippen molar-refractivity contribution in [3.8, 4) is 5.75 Å². The van der Waals surface area contributed by atoms with E-state index in [-0.39, 0.29) is 6.04 Å². The fourth-order valence-corrected chi connectivity index (χ4v) is 1.77. The number of nitrogens with two attached hydrogens (primary N) is 1. The molecular weight excluding hydrogens is 292 g/mol. The lowest BCUT2D eigenvalue weighted by Gasteiger charge is -2.09. The van der Waals surface area contributed by atoms with Gasteiger partial charge in [0.15, 0.2) is 0 Å². The van der Waals surface area contributed by atoms with Crippen LogP contribution in [-0.2, 0) is 6.61 Å². The molecule has 94 valence electrons. The number of hydrogen-bond donors (Lipinski definition) is 1. The number of nitrogens with zero attached hydrogens (tertiary/aromatic N) is 1. The Bertz CT molecular complexity index is 511. The van der Waals surface area contributed by atoms with Gasteiger partial charge >= 0.3 is 0 Å². The summed E-state index contributed by atoms with van der Waals surface area (Å²) in [6.07, 6.45) is 1.76. The average Bonchev–Trinajstić information content (AvgIpc) is 2.38. The van der Waals surface area contributed by atoms with Crippen molar-refractivity contribution in [1.82, 2.24) is 4.98 Å². The number of aromatic nitrogens is 1. The summed E-state index contributed by atoms with van der Waals surface area (Å²) in [6.45, 7) is 2.41. The topological polar surface area (TPSA) is 48.1 Å². The van der Waals surface area contributed by atoms with Crippen molar-refractivity contribution in [2.45, 2.75) is 19.6 Å². The Balaban J connectivity index is 2.01. The van der Waals surface area contributed by atoms with E-state index in [1.54, 1.807) is 6.20 Å². The van der Waals surface area contributed by atoms with E-state index < -0.39 is 0 Å². The van der Waals surface area contributed by atoms with E-state index in [1.807, 2.05) is 43.3 Å². The van der Waals surface area contributed by atoms with Crippen LogP contribution in [0.2, 0.25) is 0 Å². The van der Waals surface area contributed by atoms with Crippen molar-refractivity contribution in [1.29, 1.82) is 0 Å². The fourth-order valence-electron chi connectivity index (χ4n) is 1.54. The minimum atomic E-state index is 0.0133. The molecule has 2 N–H and O–H groups in total. The zero-order valence-corrected chi connectivity index (χ0v) is 11.7. The first-order chi connectivity index (χ1) is 8.65. The largest absolute Gasteiger partial charge is 0.487 e. The maximum absolute atomic E-state index is 5.83. The lowest BCUT2D eigenvalue weighted by Crippen LogP contribution is -2.05. The van der Waals surface area contributed by atoms with E-state index in [1.165, 1.54) is 0 Å². The number of benzene rings is 1. The molecule has 0 aliphatic carbocycles. The van der Waals surface area contributed by atoms with E-state index in [0.29, 0.717) is 6.61 Å². The van der Waals surface area contributed by atoms with Gasteiger partial charge in [0.25, 0.3) is 0 Å². The van der Waals surface area contributed by atoms with Crippen LogP contribution in [0, 0.1) is 0 Å². The van der Waals surface area contributed by atoms with Gasteiger partial charge in [-0.2, -0.15) is 0 Å². The molecule has 1 aromatic carbocycles. The lowest BCUT2D eigenvalue weighted by atomic mass is 10.1. The monoisotopic (exact) mass is 306 g/mol. The van der Waals surface area contributed by atoms with E-state index in [2.05, 4.69) is 20.9 Å². The van der Waals surface area contributed by atoms with Crippen LogP contribution in [0.5, 0.6) is 5.75 Å². The van der Waals surface area contributed by atoms with Gasteiger partial charge in [-0.25, -0.2) is 0 Å². The summed E-state index contributed by atoms with van der Waals surface area (Å²) in [5, 5.41) is 0. The van der Waals surface area contributed by atoms with Crippen molar-refractivity contribution < 1.29 is 4.74 Å². The summed E-state index contributed by atoms with van der Waals surface area (Å²) in [5.74, 6) is 0.814. The second-order valence-corrected chi connectivity index (χ2v) is 5.03. The third-order valence-corrected chi connectivity index (χ3v) is 3.03. The molecule has 1 atom stereocenters. The Morgan fingerprint density at radius 1 is 1.33 bits per heavy atom. The SMILES string of the molecule is C[C@H](N)c1cccc(OCc2ccc(Br)cn2)c1. The molecule has 0 radical (unpaired) electrons.